The Morgan fingerprint density at radius 2 is 1.80 bits per heavy atom. The summed E-state index contributed by atoms with van der Waals surface area (Å²) >= 11 is 12.6. The van der Waals surface area contributed by atoms with Crippen molar-refractivity contribution in [3.63, 3.8) is 0 Å². The number of rotatable bonds is 4. The first-order chi connectivity index (χ1) is 14.3. The van der Waals surface area contributed by atoms with Crippen LogP contribution in [0.25, 0.3) is 17.4 Å². The number of amides is 2. The average molecular weight is 461 g/mol. The fraction of sp³-hybridized carbons (Fsp3) is 0. The predicted octanol–water partition coefficient (Wildman–Crippen LogP) is 6.40. The molecule has 2 aromatic carbocycles. The van der Waals surface area contributed by atoms with Crippen molar-refractivity contribution >= 4 is 63.6 Å². The van der Waals surface area contributed by atoms with E-state index in [-0.39, 0.29) is 27.1 Å². The van der Waals surface area contributed by atoms with Gasteiger partial charge in [-0.1, -0.05) is 35.3 Å². The van der Waals surface area contributed by atoms with Gasteiger partial charge in [-0.3, -0.25) is 19.7 Å². The molecule has 0 spiro atoms. The molecular formula is C20H10Cl2N2O5S. The molecule has 0 aliphatic carbocycles. The van der Waals surface area contributed by atoms with Gasteiger partial charge in [0.25, 0.3) is 16.8 Å². The van der Waals surface area contributed by atoms with Gasteiger partial charge in [0.2, 0.25) is 0 Å². The molecule has 1 fully saturated rings. The Morgan fingerprint density at radius 3 is 2.53 bits per heavy atom. The Morgan fingerprint density at radius 1 is 1.03 bits per heavy atom. The Balaban J connectivity index is 1.64. The molecule has 1 aromatic heterocycles. The lowest BCUT2D eigenvalue weighted by Gasteiger charge is -2.12. The van der Waals surface area contributed by atoms with Crippen LogP contribution in [0.2, 0.25) is 10.0 Å². The van der Waals surface area contributed by atoms with Crippen LogP contribution in [-0.4, -0.2) is 16.1 Å². The van der Waals surface area contributed by atoms with E-state index in [9.17, 15) is 19.7 Å². The van der Waals surface area contributed by atoms with Crippen LogP contribution in [0.5, 0.6) is 0 Å². The zero-order valence-corrected chi connectivity index (χ0v) is 17.2. The number of anilines is 1. The molecule has 10 heteroatoms. The molecule has 2 heterocycles. The zero-order valence-electron chi connectivity index (χ0n) is 14.9. The van der Waals surface area contributed by atoms with Crippen LogP contribution in [0.4, 0.5) is 16.2 Å². The van der Waals surface area contributed by atoms with E-state index < -0.39 is 16.1 Å². The number of imide groups is 1. The van der Waals surface area contributed by atoms with Crippen molar-refractivity contribution in [1.82, 2.24) is 0 Å². The molecule has 150 valence electrons. The summed E-state index contributed by atoms with van der Waals surface area (Å²) in [4.78, 5) is 37.0. The maximum Gasteiger partial charge on any atom is 0.298 e. The number of furan rings is 1. The third-order valence-corrected chi connectivity index (χ3v) is 5.83. The summed E-state index contributed by atoms with van der Waals surface area (Å²) in [5, 5.41) is 11.3. The molecule has 0 bridgehead atoms. The summed E-state index contributed by atoms with van der Waals surface area (Å²) < 4.78 is 5.67. The largest absolute Gasteiger partial charge is 0.456 e. The number of nitro groups is 1. The molecule has 2 amide bonds. The highest BCUT2D eigenvalue weighted by atomic mass is 35.5. The van der Waals surface area contributed by atoms with Crippen molar-refractivity contribution < 1.29 is 18.9 Å². The highest BCUT2D eigenvalue weighted by Crippen LogP contribution is 2.38. The number of halogens is 2. The van der Waals surface area contributed by atoms with E-state index in [0.29, 0.717) is 16.3 Å². The Bertz CT molecular complexity index is 1240. The second kappa shape index (κ2) is 7.98. The number of nitrogens with zero attached hydrogens (tertiary/aromatic N) is 2. The number of para-hydroxylation sites is 1. The number of hydrogen-bond acceptors (Lipinski definition) is 6. The summed E-state index contributed by atoms with van der Waals surface area (Å²) in [6.45, 7) is 0. The van der Waals surface area contributed by atoms with Crippen LogP contribution in [0.3, 0.4) is 0 Å². The highest BCUT2D eigenvalue weighted by Gasteiger charge is 2.36. The molecule has 1 aliphatic heterocycles. The predicted molar refractivity (Wildman–Crippen MR) is 116 cm³/mol. The molecule has 4 rings (SSSR count). The van der Waals surface area contributed by atoms with E-state index in [1.807, 2.05) is 0 Å². The quantitative estimate of drug-likeness (QED) is 0.254. The third kappa shape index (κ3) is 3.72. The normalized spacial score (nSPS) is 15.3. The first-order valence-electron chi connectivity index (χ1n) is 8.42. The molecule has 0 saturated carbocycles. The number of carbonyl (C=O) groups is 2. The van der Waals surface area contributed by atoms with Crippen molar-refractivity contribution in [3.8, 4) is 11.3 Å². The molecule has 7 nitrogen and oxygen atoms in total. The van der Waals surface area contributed by atoms with Crippen LogP contribution in [0.15, 0.2) is 63.9 Å². The number of hydrogen-bond donors (Lipinski definition) is 0. The second-order valence-electron chi connectivity index (χ2n) is 6.09. The lowest BCUT2D eigenvalue weighted by Crippen LogP contribution is -2.27. The number of nitro benzene ring substituents is 1. The minimum absolute atomic E-state index is 0.0988. The molecule has 0 radical (unpaired) electrons. The number of thioether (sulfide) groups is 1. The highest BCUT2D eigenvalue weighted by molar-refractivity contribution is 8.19. The fourth-order valence-corrected chi connectivity index (χ4v) is 3.97. The van der Waals surface area contributed by atoms with Gasteiger partial charge in [-0.25, -0.2) is 4.90 Å². The first-order valence-corrected chi connectivity index (χ1v) is 9.99. The summed E-state index contributed by atoms with van der Waals surface area (Å²) in [6, 6.07) is 13.8. The van der Waals surface area contributed by atoms with E-state index in [4.69, 9.17) is 27.6 Å². The van der Waals surface area contributed by atoms with Gasteiger partial charge in [0, 0.05) is 12.1 Å². The number of carbonyl (C=O) groups excluding carboxylic acids is 2. The molecule has 1 saturated heterocycles. The molecule has 0 unspecified atom stereocenters. The van der Waals surface area contributed by atoms with Crippen molar-refractivity contribution in [2.24, 2.45) is 0 Å². The van der Waals surface area contributed by atoms with Crippen molar-refractivity contribution in [2.45, 2.75) is 0 Å². The summed E-state index contributed by atoms with van der Waals surface area (Å²) in [6.07, 6.45) is 1.42. The van der Waals surface area contributed by atoms with Gasteiger partial charge < -0.3 is 4.42 Å². The van der Waals surface area contributed by atoms with Crippen LogP contribution in [-0.2, 0) is 4.79 Å². The average Bonchev–Trinajstić information content (AvgIpc) is 3.29. The van der Waals surface area contributed by atoms with E-state index in [2.05, 4.69) is 0 Å². The van der Waals surface area contributed by atoms with Gasteiger partial charge in [0.05, 0.1) is 31.1 Å². The molecule has 3 aromatic rings. The molecule has 0 atom stereocenters. The Kier molecular flexibility index (Phi) is 5.38. The molecule has 30 heavy (non-hydrogen) atoms. The minimum Gasteiger partial charge on any atom is -0.456 e. The first kappa shape index (κ1) is 20.2. The van der Waals surface area contributed by atoms with Crippen LogP contribution in [0.1, 0.15) is 5.76 Å². The smallest absolute Gasteiger partial charge is 0.298 e. The van der Waals surface area contributed by atoms with Gasteiger partial charge >= 0.3 is 0 Å². The van der Waals surface area contributed by atoms with Gasteiger partial charge in [-0.05, 0) is 48.2 Å². The SMILES string of the molecule is O=C1S/C(=C\c2ccc(-c3ccccc3[N+](=O)[O-])o2)C(=O)N1c1ccc(Cl)c(Cl)c1. The number of benzene rings is 2. The Hall–Kier alpha value is -3.07. The second-order valence-corrected chi connectivity index (χ2v) is 7.90. The van der Waals surface area contributed by atoms with Crippen molar-refractivity contribution in [2.75, 3.05) is 4.90 Å². The van der Waals surface area contributed by atoms with Gasteiger partial charge in [0.15, 0.2) is 0 Å². The summed E-state index contributed by atoms with van der Waals surface area (Å²) in [5.74, 6) is 0.0204. The van der Waals surface area contributed by atoms with Crippen LogP contribution in [0, 0.1) is 10.1 Å². The summed E-state index contributed by atoms with van der Waals surface area (Å²) in [5.41, 5.74) is 0.514. The van der Waals surface area contributed by atoms with E-state index in [1.165, 1.54) is 30.3 Å². The molecule has 1 aliphatic rings. The van der Waals surface area contributed by atoms with Crippen molar-refractivity contribution in [3.05, 3.63) is 85.4 Å². The van der Waals surface area contributed by atoms with E-state index in [0.717, 1.165) is 16.7 Å². The van der Waals surface area contributed by atoms with Gasteiger partial charge in [-0.2, -0.15) is 0 Å². The third-order valence-electron chi connectivity index (χ3n) is 4.22. The molecule has 0 N–H and O–H groups in total. The zero-order chi connectivity index (χ0) is 21.4. The van der Waals surface area contributed by atoms with Gasteiger partial charge in [0.1, 0.15) is 11.5 Å². The monoisotopic (exact) mass is 460 g/mol. The topological polar surface area (TPSA) is 93.7 Å². The van der Waals surface area contributed by atoms with E-state index in [1.54, 1.807) is 30.3 Å². The maximum absolute atomic E-state index is 12.7. The lowest BCUT2D eigenvalue weighted by molar-refractivity contribution is -0.384. The van der Waals surface area contributed by atoms with Crippen molar-refractivity contribution in [1.29, 1.82) is 0 Å². The van der Waals surface area contributed by atoms with Crippen LogP contribution >= 0.6 is 35.0 Å². The lowest BCUT2D eigenvalue weighted by atomic mass is 10.1. The van der Waals surface area contributed by atoms with Crippen LogP contribution < -0.4 is 4.90 Å². The maximum atomic E-state index is 12.7. The van der Waals surface area contributed by atoms with Gasteiger partial charge in [-0.15, -0.1) is 0 Å². The minimum atomic E-state index is -0.535. The van der Waals surface area contributed by atoms with E-state index >= 15 is 0 Å². The summed E-state index contributed by atoms with van der Waals surface area (Å²) in [7, 11) is 0. The fourth-order valence-electron chi connectivity index (χ4n) is 2.86. The standard InChI is InChI=1S/C20H10Cl2N2O5S/c21-14-7-5-11(9-15(14)22)23-19(25)18(30-20(23)26)10-12-6-8-17(29-12)13-3-1-2-4-16(13)24(27)28/h1-10H/b18-10-. The Labute approximate surface area is 184 Å². The molecular weight excluding hydrogens is 451 g/mol.